The molecule has 3 nitrogen and oxygen atoms in total. The number of amides is 1. The Hall–Kier alpha value is -1.61. The largest absolute Gasteiger partial charge is 0.352 e. The second-order valence-electron chi connectivity index (χ2n) is 5.40. The summed E-state index contributed by atoms with van der Waals surface area (Å²) in [5.74, 6) is 0.148. The molecule has 1 aromatic rings. The highest BCUT2D eigenvalue weighted by atomic mass is 16.2. The lowest BCUT2D eigenvalue weighted by molar-refractivity contribution is -0.124. The van der Waals surface area contributed by atoms with Crippen molar-refractivity contribution < 1.29 is 4.79 Å². The first-order valence-electron chi connectivity index (χ1n) is 7.08. The maximum Gasteiger partial charge on any atom is 0.237 e. The summed E-state index contributed by atoms with van der Waals surface area (Å²) >= 11 is 0. The Bertz CT molecular complexity index is 495. The van der Waals surface area contributed by atoms with Gasteiger partial charge in [-0.1, -0.05) is 36.4 Å². The topological polar surface area (TPSA) is 41.1 Å². The number of rotatable bonds is 2. The summed E-state index contributed by atoms with van der Waals surface area (Å²) in [5.41, 5.74) is 2.61. The minimum absolute atomic E-state index is 0.0826. The standard InChI is InChI=1S/C16H20N2O/c19-16(18-14-8-2-1-3-9-14)15-10-12-6-4-5-7-13(12)11-17-15/h1-2,4-7,14-15,17H,3,8-11H2,(H,18,19)/t14?,15-/m0/s1. The molecule has 1 heterocycles. The average Bonchev–Trinajstić information content (AvgIpc) is 2.48. The molecule has 0 radical (unpaired) electrons. The molecule has 0 fully saturated rings. The maximum atomic E-state index is 12.3. The van der Waals surface area contributed by atoms with Gasteiger partial charge in [-0.2, -0.15) is 0 Å². The zero-order chi connectivity index (χ0) is 13.1. The molecule has 2 aliphatic rings. The van der Waals surface area contributed by atoms with Gasteiger partial charge in [-0.3, -0.25) is 4.79 Å². The molecule has 0 bridgehead atoms. The van der Waals surface area contributed by atoms with Gasteiger partial charge in [-0.15, -0.1) is 0 Å². The number of carbonyl (C=O) groups is 1. The lowest BCUT2D eigenvalue weighted by Crippen LogP contribution is -2.50. The predicted octanol–water partition coefficient (Wildman–Crippen LogP) is 1.93. The third-order valence-corrected chi connectivity index (χ3v) is 4.01. The summed E-state index contributed by atoms with van der Waals surface area (Å²) in [5, 5.41) is 6.50. The first kappa shape index (κ1) is 12.4. The van der Waals surface area contributed by atoms with Crippen LogP contribution in [0.2, 0.25) is 0 Å². The Balaban J connectivity index is 1.61. The van der Waals surface area contributed by atoms with Crippen molar-refractivity contribution in [1.82, 2.24) is 10.6 Å². The van der Waals surface area contributed by atoms with Crippen LogP contribution >= 0.6 is 0 Å². The molecule has 3 rings (SSSR count). The van der Waals surface area contributed by atoms with E-state index in [-0.39, 0.29) is 11.9 Å². The number of allylic oxidation sites excluding steroid dienone is 1. The highest BCUT2D eigenvalue weighted by Crippen LogP contribution is 2.17. The number of hydrogen-bond donors (Lipinski definition) is 2. The van der Waals surface area contributed by atoms with Crippen LogP contribution in [0.25, 0.3) is 0 Å². The number of benzene rings is 1. The fourth-order valence-electron chi connectivity index (χ4n) is 2.87. The summed E-state index contributed by atoms with van der Waals surface area (Å²) in [4.78, 5) is 12.3. The lowest BCUT2D eigenvalue weighted by atomic mass is 9.94. The van der Waals surface area contributed by atoms with Crippen LogP contribution in [0.5, 0.6) is 0 Å². The number of hydrogen-bond acceptors (Lipinski definition) is 2. The van der Waals surface area contributed by atoms with Crippen molar-refractivity contribution in [3.8, 4) is 0 Å². The zero-order valence-electron chi connectivity index (χ0n) is 11.1. The average molecular weight is 256 g/mol. The lowest BCUT2D eigenvalue weighted by Gasteiger charge is -2.28. The van der Waals surface area contributed by atoms with Crippen LogP contribution < -0.4 is 10.6 Å². The van der Waals surface area contributed by atoms with Gasteiger partial charge in [0.15, 0.2) is 0 Å². The molecule has 0 spiro atoms. The van der Waals surface area contributed by atoms with Crippen LogP contribution in [0, 0.1) is 0 Å². The van der Waals surface area contributed by atoms with E-state index in [4.69, 9.17) is 0 Å². The van der Waals surface area contributed by atoms with Gasteiger partial charge in [0.05, 0.1) is 6.04 Å². The van der Waals surface area contributed by atoms with Crippen LogP contribution in [0.1, 0.15) is 30.4 Å². The second-order valence-corrected chi connectivity index (χ2v) is 5.40. The first-order chi connectivity index (χ1) is 9.33. The van der Waals surface area contributed by atoms with Crippen molar-refractivity contribution in [3.63, 3.8) is 0 Å². The smallest absolute Gasteiger partial charge is 0.237 e. The Kier molecular flexibility index (Phi) is 3.65. The van der Waals surface area contributed by atoms with Crippen LogP contribution in [-0.4, -0.2) is 18.0 Å². The molecule has 2 atom stereocenters. The summed E-state index contributed by atoms with van der Waals surface area (Å²) < 4.78 is 0. The van der Waals surface area contributed by atoms with Crippen LogP contribution in [0.3, 0.4) is 0 Å². The van der Waals surface area contributed by atoms with Crippen molar-refractivity contribution in [2.24, 2.45) is 0 Å². The van der Waals surface area contributed by atoms with Gasteiger partial charge in [0.25, 0.3) is 0 Å². The van der Waals surface area contributed by atoms with E-state index in [1.54, 1.807) is 0 Å². The van der Waals surface area contributed by atoms with E-state index in [0.29, 0.717) is 6.04 Å². The quantitative estimate of drug-likeness (QED) is 0.794. The van der Waals surface area contributed by atoms with Crippen molar-refractivity contribution >= 4 is 5.91 Å². The van der Waals surface area contributed by atoms with Crippen molar-refractivity contribution in [2.75, 3.05) is 0 Å². The SMILES string of the molecule is O=C(NC1CC=CCC1)[C@@H]1Cc2ccccc2CN1. The predicted molar refractivity (Wildman–Crippen MR) is 75.7 cm³/mol. The molecule has 0 aromatic heterocycles. The Labute approximate surface area is 114 Å². The van der Waals surface area contributed by atoms with Gasteiger partial charge >= 0.3 is 0 Å². The highest BCUT2D eigenvalue weighted by Gasteiger charge is 2.25. The van der Waals surface area contributed by atoms with Gasteiger partial charge in [0, 0.05) is 12.6 Å². The normalized spacial score (nSPS) is 25.7. The summed E-state index contributed by atoms with van der Waals surface area (Å²) in [6.07, 6.45) is 8.26. The van der Waals surface area contributed by atoms with Crippen molar-refractivity contribution in [1.29, 1.82) is 0 Å². The zero-order valence-corrected chi connectivity index (χ0v) is 11.1. The number of nitrogens with one attached hydrogen (secondary N) is 2. The highest BCUT2D eigenvalue weighted by molar-refractivity contribution is 5.82. The second kappa shape index (κ2) is 5.57. The Morgan fingerprint density at radius 1 is 1.21 bits per heavy atom. The van der Waals surface area contributed by atoms with E-state index in [1.165, 1.54) is 11.1 Å². The minimum Gasteiger partial charge on any atom is -0.352 e. The van der Waals surface area contributed by atoms with Crippen LogP contribution in [-0.2, 0) is 17.8 Å². The van der Waals surface area contributed by atoms with E-state index < -0.39 is 0 Å². The third kappa shape index (κ3) is 2.87. The Morgan fingerprint density at radius 3 is 2.84 bits per heavy atom. The van der Waals surface area contributed by atoms with Crippen LogP contribution in [0.4, 0.5) is 0 Å². The summed E-state index contributed by atoms with van der Waals surface area (Å²) in [7, 11) is 0. The Morgan fingerprint density at radius 2 is 2.05 bits per heavy atom. The minimum atomic E-state index is -0.0826. The fourth-order valence-corrected chi connectivity index (χ4v) is 2.87. The molecule has 0 saturated heterocycles. The fraction of sp³-hybridized carbons (Fsp3) is 0.438. The van der Waals surface area contributed by atoms with Gasteiger partial charge in [0.1, 0.15) is 0 Å². The molecule has 1 aromatic carbocycles. The summed E-state index contributed by atoms with van der Waals surface area (Å²) in [6.45, 7) is 0.791. The third-order valence-electron chi connectivity index (χ3n) is 4.01. The van der Waals surface area contributed by atoms with Crippen LogP contribution in [0.15, 0.2) is 36.4 Å². The summed E-state index contributed by atoms with van der Waals surface area (Å²) in [6, 6.07) is 8.58. The molecule has 0 saturated carbocycles. The first-order valence-corrected chi connectivity index (χ1v) is 7.08. The monoisotopic (exact) mass is 256 g/mol. The van der Waals surface area contributed by atoms with E-state index in [1.807, 2.05) is 6.07 Å². The molecule has 1 aliphatic heterocycles. The molecule has 19 heavy (non-hydrogen) atoms. The van der Waals surface area contributed by atoms with Gasteiger partial charge in [-0.25, -0.2) is 0 Å². The van der Waals surface area contributed by atoms with E-state index in [0.717, 1.165) is 32.2 Å². The van der Waals surface area contributed by atoms with E-state index >= 15 is 0 Å². The van der Waals surface area contributed by atoms with Gasteiger partial charge in [-0.05, 0) is 36.8 Å². The van der Waals surface area contributed by atoms with E-state index in [2.05, 4.69) is 41.0 Å². The number of carbonyl (C=O) groups excluding carboxylic acids is 1. The molecule has 2 N–H and O–H groups in total. The van der Waals surface area contributed by atoms with Crippen molar-refractivity contribution in [2.45, 2.75) is 44.3 Å². The number of fused-ring (bicyclic) bond motifs is 1. The van der Waals surface area contributed by atoms with Gasteiger partial charge in [0.2, 0.25) is 5.91 Å². The molecule has 3 heteroatoms. The molecule has 1 unspecified atom stereocenters. The van der Waals surface area contributed by atoms with E-state index in [9.17, 15) is 4.79 Å². The molecular formula is C16H20N2O. The maximum absolute atomic E-state index is 12.3. The molecule has 1 aliphatic carbocycles. The molecule has 1 amide bonds. The van der Waals surface area contributed by atoms with Crippen molar-refractivity contribution in [3.05, 3.63) is 47.5 Å². The molecular weight excluding hydrogens is 236 g/mol. The van der Waals surface area contributed by atoms with Gasteiger partial charge < -0.3 is 10.6 Å². The molecule has 100 valence electrons.